The summed E-state index contributed by atoms with van der Waals surface area (Å²) in [7, 11) is -0.721. The van der Waals surface area contributed by atoms with E-state index in [4.69, 9.17) is 4.74 Å². The van der Waals surface area contributed by atoms with E-state index >= 15 is 0 Å². The Bertz CT molecular complexity index is 907. The number of carbonyl (C=O) groups is 2. The number of benzene rings is 2. The molecule has 0 radical (unpaired) electrons. The third kappa shape index (κ3) is 5.05. The quantitative estimate of drug-likeness (QED) is 0.725. The average molecular weight is 391 g/mol. The minimum Gasteiger partial charge on any atom is -0.494 e. The first-order valence-electron chi connectivity index (χ1n) is 8.12. The van der Waals surface area contributed by atoms with Gasteiger partial charge in [-0.25, -0.2) is 12.7 Å². The van der Waals surface area contributed by atoms with Gasteiger partial charge in [0.15, 0.2) is 0 Å². The lowest BCUT2D eigenvalue weighted by Crippen LogP contribution is -2.41. The molecule has 0 aromatic heterocycles. The molecule has 0 aliphatic rings. The number of nitrogens with one attached hydrogen (secondary N) is 2. The van der Waals surface area contributed by atoms with E-state index in [9.17, 15) is 18.0 Å². The lowest BCUT2D eigenvalue weighted by Gasteiger charge is -2.12. The van der Waals surface area contributed by atoms with Gasteiger partial charge in [-0.1, -0.05) is 0 Å². The van der Waals surface area contributed by atoms with Gasteiger partial charge in [-0.15, -0.1) is 0 Å². The smallest absolute Gasteiger partial charge is 0.269 e. The Morgan fingerprint density at radius 3 is 1.74 bits per heavy atom. The molecule has 9 heteroatoms. The highest BCUT2D eigenvalue weighted by Crippen LogP contribution is 2.14. The fraction of sp³-hybridized carbons (Fsp3) is 0.222. The monoisotopic (exact) mass is 391 g/mol. The molecule has 2 N–H and O–H groups in total. The number of ether oxygens (including phenoxy) is 1. The third-order valence-electron chi connectivity index (χ3n) is 3.61. The van der Waals surface area contributed by atoms with Crippen LogP contribution in [0.5, 0.6) is 5.75 Å². The maximum atomic E-state index is 12.1. The van der Waals surface area contributed by atoms with Crippen molar-refractivity contribution in [3.63, 3.8) is 0 Å². The van der Waals surface area contributed by atoms with Gasteiger partial charge >= 0.3 is 0 Å². The minimum atomic E-state index is -3.57. The maximum absolute atomic E-state index is 12.1. The molecule has 27 heavy (non-hydrogen) atoms. The lowest BCUT2D eigenvalue weighted by molar-refractivity contribution is 0.0846. The SMILES string of the molecule is CCOc1ccc(C(=O)NNC(=O)c2ccc(S(=O)(=O)N(C)C)cc2)cc1. The number of hydrogen-bond donors (Lipinski definition) is 2. The van der Waals surface area contributed by atoms with Crippen LogP contribution in [-0.2, 0) is 10.0 Å². The predicted molar refractivity (Wildman–Crippen MR) is 99.9 cm³/mol. The van der Waals surface area contributed by atoms with Gasteiger partial charge in [-0.2, -0.15) is 0 Å². The van der Waals surface area contributed by atoms with Crippen molar-refractivity contribution in [2.45, 2.75) is 11.8 Å². The van der Waals surface area contributed by atoms with Crippen LogP contribution >= 0.6 is 0 Å². The molecule has 0 aliphatic heterocycles. The molecule has 144 valence electrons. The molecule has 8 nitrogen and oxygen atoms in total. The number of amides is 2. The van der Waals surface area contributed by atoms with Gasteiger partial charge in [0.1, 0.15) is 5.75 Å². The van der Waals surface area contributed by atoms with Gasteiger partial charge in [0, 0.05) is 25.2 Å². The number of hydrazine groups is 1. The molecule has 2 aromatic rings. The van der Waals surface area contributed by atoms with Crippen molar-refractivity contribution >= 4 is 21.8 Å². The second-order valence-corrected chi connectivity index (χ2v) is 7.83. The molecule has 0 unspecified atom stereocenters. The van der Waals surface area contributed by atoms with Crippen LogP contribution in [0.4, 0.5) is 0 Å². The van der Waals surface area contributed by atoms with E-state index in [1.54, 1.807) is 24.3 Å². The number of rotatable bonds is 6. The van der Waals surface area contributed by atoms with Crippen molar-refractivity contribution in [3.05, 3.63) is 59.7 Å². The minimum absolute atomic E-state index is 0.0717. The Morgan fingerprint density at radius 2 is 1.33 bits per heavy atom. The second kappa shape index (κ2) is 8.65. The summed E-state index contributed by atoms with van der Waals surface area (Å²) in [6.07, 6.45) is 0. The van der Waals surface area contributed by atoms with Crippen molar-refractivity contribution in [2.75, 3.05) is 20.7 Å². The molecule has 0 saturated carbocycles. The molecular weight excluding hydrogens is 370 g/mol. The van der Waals surface area contributed by atoms with Crippen molar-refractivity contribution in [1.29, 1.82) is 0 Å². The van der Waals surface area contributed by atoms with Gasteiger partial charge in [0.2, 0.25) is 10.0 Å². The predicted octanol–water partition coefficient (Wildman–Crippen LogP) is 1.41. The Hall–Kier alpha value is -2.91. The highest BCUT2D eigenvalue weighted by Gasteiger charge is 2.17. The molecule has 2 aromatic carbocycles. The third-order valence-corrected chi connectivity index (χ3v) is 5.44. The zero-order valence-electron chi connectivity index (χ0n) is 15.2. The first-order chi connectivity index (χ1) is 12.8. The molecule has 2 rings (SSSR count). The summed E-state index contributed by atoms with van der Waals surface area (Å²) in [6, 6.07) is 11.9. The summed E-state index contributed by atoms with van der Waals surface area (Å²) in [6.45, 7) is 2.38. The van der Waals surface area contributed by atoms with E-state index in [2.05, 4.69) is 10.9 Å². The van der Waals surface area contributed by atoms with Gasteiger partial charge in [-0.05, 0) is 55.5 Å². The summed E-state index contributed by atoms with van der Waals surface area (Å²) >= 11 is 0. The van der Waals surface area contributed by atoms with E-state index in [0.29, 0.717) is 17.9 Å². The van der Waals surface area contributed by atoms with Crippen molar-refractivity contribution in [2.24, 2.45) is 0 Å². The number of hydrogen-bond acceptors (Lipinski definition) is 5. The Kier molecular flexibility index (Phi) is 6.54. The van der Waals surface area contributed by atoms with E-state index < -0.39 is 21.8 Å². The number of sulfonamides is 1. The summed E-state index contributed by atoms with van der Waals surface area (Å²) < 4.78 is 30.4. The molecule has 0 saturated heterocycles. The Morgan fingerprint density at radius 1 is 0.889 bits per heavy atom. The molecule has 0 bridgehead atoms. The molecule has 2 amide bonds. The zero-order valence-corrected chi connectivity index (χ0v) is 16.0. The zero-order chi connectivity index (χ0) is 20.0. The molecule has 0 spiro atoms. The van der Waals surface area contributed by atoms with Gasteiger partial charge in [0.25, 0.3) is 11.8 Å². The van der Waals surface area contributed by atoms with Crippen LogP contribution in [0.3, 0.4) is 0 Å². The fourth-order valence-corrected chi connectivity index (χ4v) is 3.02. The van der Waals surface area contributed by atoms with Crippen LogP contribution in [0.1, 0.15) is 27.6 Å². The largest absolute Gasteiger partial charge is 0.494 e. The van der Waals surface area contributed by atoms with Gasteiger partial charge in [-0.3, -0.25) is 20.4 Å². The van der Waals surface area contributed by atoms with Crippen molar-refractivity contribution < 1.29 is 22.7 Å². The lowest BCUT2D eigenvalue weighted by atomic mass is 10.2. The average Bonchev–Trinajstić information content (AvgIpc) is 2.66. The van der Waals surface area contributed by atoms with Crippen LogP contribution in [0, 0.1) is 0 Å². The summed E-state index contributed by atoms with van der Waals surface area (Å²) in [4.78, 5) is 24.2. The topological polar surface area (TPSA) is 105 Å². The molecule has 0 heterocycles. The first-order valence-corrected chi connectivity index (χ1v) is 9.56. The van der Waals surface area contributed by atoms with Crippen LogP contribution in [0.2, 0.25) is 0 Å². The molecule has 0 aliphatic carbocycles. The Balaban J connectivity index is 1.98. The molecule has 0 fully saturated rings. The maximum Gasteiger partial charge on any atom is 0.269 e. The normalized spacial score (nSPS) is 11.1. The van der Waals surface area contributed by atoms with Crippen LogP contribution in [-0.4, -0.2) is 45.2 Å². The van der Waals surface area contributed by atoms with Crippen molar-refractivity contribution in [1.82, 2.24) is 15.2 Å². The molecule has 0 atom stereocenters. The van der Waals surface area contributed by atoms with E-state index in [1.165, 1.54) is 38.4 Å². The standard InChI is InChI=1S/C18H21N3O5S/c1-4-26-15-9-5-13(6-10-15)17(22)19-20-18(23)14-7-11-16(12-8-14)27(24,25)21(2)3/h5-12H,4H2,1-3H3,(H,19,22)(H,20,23). The number of carbonyl (C=O) groups excluding carboxylic acids is 2. The van der Waals surface area contributed by atoms with E-state index in [0.717, 1.165) is 4.31 Å². The Labute approximate surface area is 158 Å². The molecular formula is C18H21N3O5S. The summed E-state index contributed by atoms with van der Waals surface area (Å²) in [5, 5.41) is 0. The van der Waals surface area contributed by atoms with Crippen LogP contribution in [0.15, 0.2) is 53.4 Å². The van der Waals surface area contributed by atoms with Gasteiger partial charge in [0.05, 0.1) is 11.5 Å². The van der Waals surface area contributed by atoms with E-state index in [-0.39, 0.29) is 10.5 Å². The summed E-state index contributed by atoms with van der Waals surface area (Å²) in [5.41, 5.74) is 5.16. The van der Waals surface area contributed by atoms with Gasteiger partial charge < -0.3 is 4.74 Å². The van der Waals surface area contributed by atoms with E-state index in [1.807, 2.05) is 6.92 Å². The highest BCUT2D eigenvalue weighted by molar-refractivity contribution is 7.89. The fourth-order valence-electron chi connectivity index (χ4n) is 2.12. The van der Waals surface area contributed by atoms with Crippen LogP contribution in [0.25, 0.3) is 0 Å². The first kappa shape index (κ1) is 20.4. The summed E-state index contributed by atoms with van der Waals surface area (Å²) in [5.74, 6) is -0.410. The van der Waals surface area contributed by atoms with Crippen molar-refractivity contribution in [3.8, 4) is 5.75 Å². The number of nitrogens with zero attached hydrogens (tertiary/aromatic N) is 1. The second-order valence-electron chi connectivity index (χ2n) is 5.68. The van der Waals surface area contributed by atoms with Crippen LogP contribution < -0.4 is 15.6 Å². The highest BCUT2D eigenvalue weighted by atomic mass is 32.2.